The Balaban J connectivity index is 1.96. The van der Waals surface area contributed by atoms with Crippen molar-refractivity contribution in [3.63, 3.8) is 0 Å². The second kappa shape index (κ2) is 9.06. The molecule has 3 aromatic rings. The molecule has 3 rings (SSSR count). The Bertz CT molecular complexity index is 1150. The lowest BCUT2D eigenvalue weighted by Gasteiger charge is -2.14. The van der Waals surface area contributed by atoms with Crippen LogP contribution in [-0.2, 0) is 4.79 Å². The average molecular weight is 492 g/mol. The average Bonchev–Trinajstić information content (AvgIpc) is 3.09. The molecule has 0 bridgehead atoms. The van der Waals surface area contributed by atoms with Crippen LogP contribution < -0.4 is 16.2 Å². The Morgan fingerprint density at radius 1 is 1.10 bits per heavy atom. The maximum atomic E-state index is 13.1. The maximum absolute atomic E-state index is 13.1. The van der Waals surface area contributed by atoms with E-state index in [1.165, 1.54) is 29.9 Å². The molecule has 0 saturated carbocycles. The van der Waals surface area contributed by atoms with Gasteiger partial charge in [-0.3, -0.25) is 25.2 Å². The predicted molar refractivity (Wildman–Crippen MR) is 114 cm³/mol. The molecule has 3 amide bonds. The first kappa shape index (κ1) is 21.5. The lowest BCUT2D eigenvalue weighted by Crippen LogP contribution is -2.40. The van der Waals surface area contributed by atoms with Crippen molar-refractivity contribution in [2.24, 2.45) is 0 Å². The van der Waals surface area contributed by atoms with Crippen molar-refractivity contribution in [1.82, 2.24) is 25.6 Å². The van der Waals surface area contributed by atoms with Gasteiger partial charge in [-0.25, -0.2) is 9.67 Å². The molecule has 0 aliphatic rings. The zero-order chi connectivity index (χ0) is 21.8. The molecule has 0 aliphatic carbocycles. The van der Waals surface area contributed by atoms with Gasteiger partial charge in [-0.1, -0.05) is 23.7 Å². The van der Waals surface area contributed by atoms with E-state index in [-0.39, 0.29) is 17.1 Å². The topological polar surface area (TPSA) is 118 Å². The number of pyridine rings is 1. The number of anilines is 1. The van der Waals surface area contributed by atoms with E-state index in [1.807, 2.05) is 0 Å². The Kier molecular flexibility index (Phi) is 6.48. The minimum atomic E-state index is -0.577. The zero-order valence-electron chi connectivity index (χ0n) is 15.9. The molecular weight excluding hydrogens is 476 g/mol. The van der Waals surface area contributed by atoms with Crippen LogP contribution in [0.15, 0.2) is 47.2 Å². The lowest BCUT2D eigenvalue weighted by molar-refractivity contribution is -0.119. The smallest absolute Gasteiger partial charge is 0.274 e. The number of rotatable bonds is 4. The standard InChI is InChI=1S/C19H16BrClN6O3/c1-10-5-3-6-12(18(29)25-24-11(2)28)16(10)23-19(30)14-9-15(20)26-27(14)17-13(21)7-4-8-22-17/h3-9H,1-2H3,(H,23,30)(H,24,28)(H,25,29). The van der Waals surface area contributed by atoms with Gasteiger partial charge in [0, 0.05) is 19.2 Å². The van der Waals surface area contributed by atoms with Crippen LogP contribution >= 0.6 is 27.5 Å². The molecule has 0 fully saturated rings. The van der Waals surface area contributed by atoms with Gasteiger partial charge in [0.1, 0.15) is 10.3 Å². The number of carbonyl (C=O) groups is 3. The number of hydrogen-bond donors (Lipinski definition) is 3. The van der Waals surface area contributed by atoms with E-state index >= 15 is 0 Å². The van der Waals surface area contributed by atoms with Gasteiger partial charge >= 0.3 is 0 Å². The number of hydrogen-bond acceptors (Lipinski definition) is 5. The summed E-state index contributed by atoms with van der Waals surface area (Å²) in [6.07, 6.45) is 1.53. The van der Waals surface area contributed by atoms with Crippen molar-refractivity contribution in [3.05, 3.63) is 69.0 Å². The van der Waals surface area contributed by atoms with E-state index < -0.39 is 17.7 Å². The third-order valence-corrected chi connectivity index (χ3v) is 4.64. The van der Waals surface area contributed by atoms with E-state index in [0.29, 0.717) is 20.9 Å². The minimum absolute atomic E-state index is 0.152. The molecule has 0 radical (unpaired) electrons. The molecule has 30 heavy (non-hydrogen) atoms. The quantitative estimate of drug-likeness (QED) is 0.485. The summed E-state index contributed by atoms with van der Waals surface area (Å²) in [7, 11) is 0. The van der Waals surface area contributed by atoms with Gasteiger partial charge in [-0.2, -0.15) is 5.10 Å². The number of amides is 3. The van der Waals surface area contributed by atoms with E-state index in [1.54, 1.807) is 31.2 Å². The minimum Gasteiger partial charge on any atom is -0.320 e. The number of halogens is 2. The first-order chi connectivity index (χ1) is 14.3. The number of aryl methyl sites for hydroxylation is 1. The van der Waals surface area contributed by atoms with E-state index in [2.05, 4.69) is 42.2 Å². The van der Waals surface area contributed by atoms with Gasteiger partial charge in [0.05, 0.1) is 16.3 Å². The summed E-state index contributed by atoms with van der Waals surface area (Å²) in [5.74, 6) is -1.25. The van der Waals surface area contributed by atoms with Crippen LogP contribution in [0.1, 0.15) is 33.3 Å². The normalized spacial score (nSPS) is 10.4. The SMILES string of the molecule is CC(=O)NNC(=O)c1cccc(C)c1NC(=O)c1cc(Br)nn1-c1ncccc1Cl. The van der Waals surface area contributed by atoms with Crippen LogP contribution in [0.4, 0.5) is 5.69 Å². The Hall–Kier alpha value is -3.24. The first-order valence-corrected chi connectivity index (χ1v) is 9.79. The second-order valence-corrected chi connectivity index (χ2v) is 7.38. The van der Waals surface area contributed by atoms with Gasteiger partial charge in [0.25, 0.3) is 11.8 Å². The number of para-hydroxylation sites is 1. The summed E-state index contributed by atoms with van der Waals surface area (Å²) in [5, 5.41) is 7.29. The van der Waals surface area contributed by atoms with Gasteiger partial charge in [0.15, 0.2) is 5.82 Å². The number of nitrogens with one attached hydrogen (secondary N) is 3. The summed E-state index contributed by atoms with van der Waals surface area (Å²) in [4.78, 5) is 40.8. The lowest BCUT2D eigenvalue weighted by atomic mass is 10.1. The highest BCUT2D eigenvalue weighted by Gasteiger charge is 2.21. The van der Waals surface area contributed by atoms with Crippen molar-refractivity contribution in [1.29, 1.82) is 0 Å². The first-order valence-electron chi connectivity index (χ1n) is 8.62. The van der Waals surface area contributed by atoms with Gasteiger partial charge in [-0.15, -0.1) is 0 Å². The highest BCUT2D eigenvalue weighted by Crippen LogP contribution is 2.24. The predicted octanol–water partition coefficient (Wildman–Crippen LogP) is 3.02. The van der Waals surface area contributed by atoms with Gasteiger partial charge in [0.2, 0.25) is 5.91 Å². The van der Waals surface area contributed by atoms with Gasteiger partial charge in [-0.05, 0) is 46.6 Å². The summed E-state index contributed by atoms with van der Waals surface area (Å²) >= 11 is 9.46. The van der Waals surface area contributed by atoms with Gasteiger partial charge < -0.3 is 5.32 Å². The third kappa shape index (κ3) is 4.66. The van der Waals surface area contributed by atoms with Crippen LogP contribution in [0.3, 0.4) is 0 Å². The molecule has 154 valence electrons. The molecule has 11 heteroatoms. The van der Waals surface area contributed by atoms with Crippen molar-refractivity contribution in [2.45, 2.75) is 13.8 Å². The molecule has 0 aliphatic heterocycles. The van der Waals surface area contributed by atoms with Crippen molar-refractivity contribution >= 4 is 50.9 Å². The van der Waals surface area contributed by atoms with Crippen LogP contribution in [0, 0.1) is 6.92 Å². The second-order valence-electron chi connectivity index (χ2n) is 6.16. The fraction of sp³-hybridized carbons (Fsp3) is 0.105. The number of aromatic nitrogens is 3. The molecule has 2 heterocycles. The number of carbonyl (C=O) groups excluding carboxylic acids is 3. The maximum Gasteiger partial charge on any atom is 0.274 e. The number of benzene rings is 1. The largest absolute Gasteiger partial charge is 0.320 e. The van der Waals surface area contributed by atoms with Crippen molar-refractivity contribution in [2.75, 3.05) is 5.32 Å². The third-order valence-electron chi connectivity index (χ3n) is 3.96. The molecule has 9 nitrogen and oxygen atoms in total. The van der Waals surface area contributed by atoms with E-state index in [0.717, 1.165) is 0 Å². The van der Waals surface area contributed by atoms with Crippen LogP contribution in [0.2, 0.25) is 5.02 Å². The Morgan fingerprint density at radius 2 is 1.87 bits per heavy atom. The fourth-order valence-corrected chi connectivity index (χ4v) is 3.20. The summed E-state index contributed by atoms with van der Waals surface area (Å²) in [6.45, 7) is 3.01. The van der Waals surface area contributed by atoms with E-state index in [9.17, 15) is 14.4 Å². The molecule has 3 N–H and O–H groups in total. The molecule has 0 atom stereocenters. The molecule has 2 aromatic heterocycles. The molecular formula is C19H16BrClN6O3. The Labute approximate surface area is 184 Å². The zero-order valence-corrected chi connectivity index (χ0v) is 18.2. The highest BCUT2D eigenvalue weighted by molar-refractivity contribution is 9.10. The number of nitrogens with zero attached hydrogens (tertiary/aromatic N) is 3. The summed E-state index contributed by atoms with van der Waals surface area (Å²) in [5.41, 5.74) is 5.78. The Morgan fingerprint density at radius 3 is 2.57 bits per heavy atom. The number of hydrazine groups is 1. The molecule has 0 unspecified atom stereocenters. The monoisotopic (exact) mass is 490 g/mol. The van der Waals surface area contributed by atoms with Crippen LogP contribution in [0.25, 0.3) is 5.82 Å². The summed E-state index contributed by atoms with van der Waals surface area (Å²) < 4.78 is 1.71. The summed E-state index contributed by atoms with van der Waals surface area (Å²) in [6, 6.07) is 9.75. The molecule has 0 saturated heterocycles. The molecule has 1 aromatic carbocycles. The van der Waals surface area contributed by atoms with Crippen LogP contribution in [0.5, 0.6) is 0 Å². The highest BCUT2D eigenvalue weighted by atomic mass is 79.9. The molecule has 0 spiro atoms. The van der Waals surface area contributed by atoms with Crippen molar-refractivity contribution < 1.29 is 14.4 Å². The van der Waals surface area contributed by atoms with Crippen LogP contribution in [-0.4, -0.2) is 32.5 Å². The van der Waals surface area contributed by atoms with Crippen molar-refractivity contribution in [3.8, 4) is 5.82 Å². The van der Waals surface area contributed by atoms with E-state index in [4.69, 9.17) is 11.6 Å². The fourth-order valence-electron chi connectivity index (χ4n) is 2.62.